The van der Waals surface area contributed by atoms with E-state index < -0.39 is 0 Å². The minimum atomic E-state index is 0.637. The van der Waals surface area contributed by atoms with Crippen molar-refractivity contribution in [1.82, 2.24) is 10.3 Å². The summed E-state index contributed by atoms with van der Waals surface area (Å²) in [5, 5.41) is 3.38. The molecule has 0 spiro atoms. The van der Waals surface area contributed by atoms with E-state index in [1.165, 1.54) is 12.8 Å². The molecule has 2 heterocycles. The van der Waals surface area contributed by atoms with Crippen LogP contribution in [0.25, 0.3) is 0 Å². The summed E-state index contributed by atoms with van der Waals surface area (Å²) in [6.07, 6.45) is 6.02. The number of nitrogens with one attached hydrogen (secondary N) is 1. The molecule has 1 fully saturated rings. The molecule has 1 saturated heterocycles. The summed E-state index contributed by atoms with van der Waals surface area (Å²) < 4.78 is 6.65. The highest BCUT2D eigenvalue weighted by atomic mass is 79.9. The van der Waals surface area contributed by atoms with Crippen LogP contribution in [0.3, 0.4) is 0 Å². The van der Waals surface area contributed by atoms with Gasteiger partial charge in [0.1, 0.15) is 5.75 Å². The average molecular weight is 271 g/mol. The first kappa shape index (κ1) is 10.9. The van der Waals surface area contributed by atoms with Crippen molar-refractivity contribution in [3.63, 3.8) is 0 Å². The van der Waals surface area contributed by atoms with Crippen molar-refractivity contribution in [3.05, 3.63) is 22.9 Å². The molecule has 0 bridgehead atoms. The number of hydrogen-bond donors (Lipinski definition) is 1. The van der Waals surface area contributed by atoms with E-state index in [0.29, 0.717) is 5.92 Å². The fourth-order valence-electron chi connectivity index (χ4n) is 1.75. The van der Waals surface area contributed by atoms with Gasteiger partial charge in [0, 0.05) is 23.1 Å². The smallest absolute Gasteiger partial charge is 0.138 e. The van der Waals surface area contributed by atoms with Crippen LogP contribution in [-0.4, -0.2) is 24.7 Å². The summed E-state index contributed by atoms with van der Waals surface area (Å²) in [7, 11) is 0. The lowest BCUT2D eigenvalue weighted by Gasteiger charge is -2.22. The van der Waals surface area contributed by atoms with Gasteiger partial charge in [0.2, 0.25) is 0 Å². The Balaban J connectivity index is 1.81. The molecular weight excluding hydrogens is 256 g/mol. The lowest BCUT2D eigenvalue weighted by molar-refractivity contribution is 0.218. The van der Waals surface area contributed by atoms with E-state index in [2.05, 4.69) is 26.2 Å². The first-order chi connectivity index (χ1) is 7.34. The molecule has 4 heteroatoms. The summed E-state index contributed by atoms with van der Waals surface area (Å²) >= 11 is 3.37. The van der Waals surface area contributed by atoms with Crippen LogP contribution in [0.15, 0.2) is 22.9 Å². The Morgan fingerprint density at radius 3 is 3.20 bits per heavy atom. The molecule has 0 aliphatic carbocycles. The van der Waals surface area contributed by atoms with E-state index in [-0.39, 0.29) is 0 Å². The first-order valence-electron chi connectivity index (χ1n) is 5.28. The zero-order chi connectivity index (χ0) is 10.5. The van der Waals surface area contributed by atoms with Crippen molar-refractivity contribution in [2.45, 2.75) is 12.8 Å². The molecule has 1 aliphatic heterocycles. The monoisotopic (exact) mass is 270 g/mol. The molecule has 1 N–H and O–H groups in total. The third-order valence-corrected chi connectivity index (χ3v) is 3.00. The van der Waals surface area contributed by atoms with Gasteiger partial charge in [-0.2, -0.15) is 0 Å². The molecule has 82 valence electrons. The van der Waals surface area contributed by atoms with Gasteiger partial charge in [0.25, 0.3) is 0 Å². The normalized spacial score (nSPS) is 21.3. The zero-order valence-corrected chi connectivity index (χ0v) is 10.2. The van der Waals surface area contributed by atoms with E-state index in [1.54, 1.807) is 12.4 Å². The largest absolute Gasteiger partial charge is 0.492 e. The molecule has 1 aromatic rings. The van der Waals surface area contributed by atoms with Crippen molar-refractivity contribution < 1.29 is 4.74 Å². The maximum atomic E-state index is 5.69. The molecule has 2 rings (SSSR count). The molecule has 0 aromatic carbocycles. The third kappa shape index (κ3) is 3.47. The predicted octanol–water partition coefficient (Wildman–Crippen LogP) is 2.22. The van der Waals surface area contributed by atoms with Crippen LogP contribution in [0.1, 0.15) is 12.8 Å². The van der Waals surface area contributed by atoms with Gasteiger partial charge in [-0.3, -0.25) is 4.98 Å². The Morgan fingerprint density at radius 2 is 2.47 bits per heavy atom. The number of rotatable bonds is 3. The lowest BCUT2D eigenvalue weighted by Crippen LogP contribution is -2.33. The van der Waals surface area contributed by atoms with Crippen LogP contribution < -0.4 is 10.1 Å². The molecular formula is C11H15BrN2O. The van der Waals surface area contributed by atoms with Gasteiger partial charge in [-0.05, 0) is 41.4 Å². The maximum absolute atomic E-state index is 5.69. The number of halogens is 1. The van der Waals surface area contributed by atoms with Crippen molar-refractivity contribution in [2.24, 2.45) is 5.92 Å². The molecule has 3 nitrogen and oxygen atoms in total. The molecule has 0 amide bonds. The van der Waals surface area contributed by atoms with Crippen LogP contribution in [0, 0.1) is 5.92 Å². The molecule has 0 radical (unpaired) electrons. The average Bonchev–Trinajstić information content (AvgIpc) is 2.28. The number of aromatic nitrogens is 1. The summed E-state index contributed by atoms with van der Waals surface area (Å²) in [4.78, 5) is 4.06. The Morgan fingerprint density at radius 1 is 1.53 bits per heavy atom. The van der Waals surface area contributed by atoms with Crippen molar-refractivity contribution in [3.8, 4) is 5.75 Å². The third-order valence-electron chi connectivity index (χ3n) is 2.56. The highest BCUT2D eigenvalue weighted by Gasteiger charge is 2.13. The van der Waals surface area contributed by atoms with E-state index in [1.807, 2.05) is 6.07 Å². The lowest BCUT2D eigenvalue weighted by atomic mass is 10.0. The quantitative estimate of drug-likeness (QED) is 0.915. The summed E-state index contributed by atoms with van der Waals surface area (Å²) in [6.45, 7) is 3.00. The molecule has 1 atom stereocenters. The van der Waals surface area contributed by atoms with Crippen LogP contribution in [0.5, 0.6) is 5.75 Å². The van der Waals surface area contributed by atoms with Gasteiger partial charge < -0.3 is 10.1 Å². The minimum Gasteiger partial charge on any atom is -0.492 e. The zero-order valence-electron chi connectivity index (χ0n) is 8.58. The van der Waals surface area contributed by atoms with Crippen LogP contribution in [0.4, 0.5) is 0 Å². The van der Waals surface area contributed by atoms with E-state index in [4.69, 9.17) is 4.74 Å². The number of pyridine rings is 1. The van der Waals surface area contributed by atoms with E-state index in [9.17, 15) is 0 Å². The molecule has 0 saturated carbocycles. The van der Waals surface area contributed by atoms with Gasteiger partial charge in [-0.25, -0.2) is 0 Å². The van der Waals surface area contributed by atoms with Gasteiger partial charge in [-0.1, -0.05) is 0 Å². The number of nitrogens with zero attached hydrogens (tertiary/aromatic N) is 1. The van der Waals surface area contributed by atoms with E-state index >= 15 is 0 Å². The molecule has 15 heavy (non-hydrogen) atoms. The summed E-state index contributed by atoms with van der Waals surface area (Å²) in [5.74, 6) is 1.48. The van der Waals surface area contributed by atoms with Gasteiger partial charge in [0.05, 0.1) is 12.8 Å². The molecule has 1 aromatic heterocycles. The summed E-state index contributed by atoms with van der Waals surface area (Å²) in [6, 6.07) is 1.95. The van der Waals surface area contributed by atoms with Gasteiger partial charge in [0.15, 0.2) is 0 Å². The first-order valence-corrected chi connectivity index (χ1v) is 6.08. The number of ether oxygens (including phenoxy) is 1. The van der Waals surface area contributed by atoms with Crippen LogP contribution in [-0.2, 0) is 0 Å². The minimum absolute atomic E-state index is 0.637. The molecule has 1 aliphatic rings. The van der Waals surface area contributed by atoms with Crippen molar-refractivity contribution >= 4 is 15.9 Å². The van der Waals surface area contributed by atoms with Crippen molar-refractivity contribution in [1.29, 1.82) is 0 Å². The fourth-order valence-corrected chi connectivity index (χ4v) is 2.10. The number of piperidine rings is 1. The Bertz CT molecular complexity index is 313. The second-order valence-corrected chi connectivity index (χ2v) is 4.78. The van der Waals surface area contributed by atoms with E-state index in [0.717, 1.165) is 29.9 Å². The highest BCUT2D eigenvalue weighted by molar-refractivity contribution is 9.10. The second-order valence-electron chi connectivity index (χ2n) is 3.86. The fraction of sp³-hybridized carbons (Fsp3) is 0.545. The van der Waals surface area contributed by atoms with Gasteiger partial charge in [-0.15, -0.1) is 0 Å². The summed E-state index contributed by atoms with van der Waals surface area (Å²) in [5.41, 5.74) is 0. The van der Waals surface area contributed by atoms with Crippen LogP contribution in [0.2, 0.25) is 0 Å². The van der Waals surface area contributed by atoms with Crippen molar-refractivity contribution in [2.75, 3.05) is 19.7 Å². The highest BCUT2D eigenvalue weighted by Crippen LogP contribution is 2.18. The second kappa shape index (κ2) is 5.47. The van der Waals surface area contributed by atoms with Gasteiger partial charge >= 0.3 is 0 Å². The Kier molecular flexibility index (Phi) is 3.97. The number of hydrogen-bond acceptors (Lipinski definition) is 3. The standard InChI is InChI=1S/C11H15BrN2O/c12-10-4-11(7-14-6-10)15-8-9-2-1-3-13-5-9/h4,6-7,9,13H,1-3,5,8H2. The Hall–Kier alpha value is -0.610. The Labute approximate surface area is 98.4 Å². The molecule has 1 unspecified atom stereocenters. The topological polar surface area (TPSA) is 34.1 Å². The van der Waals surface area contributed by atoms with Crippen LogP contribution >= 0.6 is 15.9 Å². The predicted molar refractivity (Wildman–Crippen MR) is 63.0 cm³/mol. The SMILES string of the molecule is Brc1cncc(OCC2CCCNC2)c1. The maximum Gasteiger partial charge on any atom is 0.138 e.